The Morgan fingerprint density at radius 2 is 2.54 bits per heavy atom. The Morgan fingerprint density at radius 1 is 1.85 bits per heavy atom. The maximum atomic E-state index is 10.5. The van der Waals surface area contributed by atoms with Crippen molar-refractivity contribution in [3.63, 3.8) is 0 Å². The van der Waals surface area contributed by atoms with Crippen molar-refractivity contribution in [3.05, 3.63) is 15.8 Å². The summed E-state index contributed by atoms with van der Waals surface area (Å²) in [6.07, 6.45) is 4.95. The predicted molar refractivity (Wildman–Crippen MR) is 47.8 cm³/mol. The van der Waals surface area contributed by atoms with Gasteiger partial charge in [-0.25, -0.2) is 0 Å². The molecule has 5 nitrogen and oxygen atoms in total. The van der Waals surface area contributed by atoms with Gasteiger partial charge in [-0.2, -0.15) is 4.37 Å². The molecule has 68 valence electrons. The molecule has 0 bridgehead atoms. The second-order valence-electron chi connectivity index (χ2n) is 2.15. The zero-order valence-corrected chi connectivity index (χ0v) is 7.63. The fourth-order valence-corrected chi connectivity index (χ4v) is 1.48. The van der Waals surface area contributed by atoms with Gasteiger partial charge in [-0.15, -0.1) is 6.42 Å². The minimum atomic E-state index is -0.523. The monoisotopic (exact) mass is 198 g/mol. The fraction of sp³-hybridized carbons (Fsp3) is 0.286. The summed E-state index contributed by atoms with van der Waals surface area (Å²) in [4.78, 5) is 9.98. The first-order chi connectivity index (χ1) is 6.16. The van der Waals surface area contributed by atoms with E-state index in [1.807, 2.05) is 0 Å². The van der Waals surface area contributed by atoms with Crippen molar-refractivity contribution in [1.82, 2.24) is 4.37 Å². The zero-order chi connectivity index (χ0) is 9.84. The Bertz CT molecular complexity index is 366. The molecular formula is C7H6N2O3S. The van der Waals surface area contributed by atoms with Crippen molar-refractivity contribution >= 4 is 17.2 Å². The van der Waals surface area contributed by atoms with Crippen LogP contribution in [0.25, 0.3) is 0 Å². The smallest absolute Gasteiger partial charge is 0.345 e. The number of terminal acetylenes is 1. The maximum Gasteiger partial charge on any atom is 0.345 e. The third kappa shape index (κ3) is 1.95. The van der Waals surface area contributed by atoms with Gasteiger partial charge in [0.1, 0.15) is 12.3 Å². The molecule has 0 saturated heterocycles. The summed E-state index contributed by atoms with van der Waals surface area (Å²) in [7, 11) is 0. The van der Waals surface area contributed by atoms with Crippen molar-refractivity contribution in [2.75, 3.05) is 6.61 Å². The number of aromatic nitrogens is 1. The molecular weight excluding hydrogens is 192 g/mol. The number of ether oxygens (including phenoxy) is 1. The molecule has 1 rings (SSSR count). The second kappa shape index (κ2) is 3.87. The van der Waals surface area contributed by atoms with E-state index in [-0.39, 0.29) is 17.4 Å². The van der Waals surface area contributed by atoms with Gasteiger partial charge in [-0.05, 0) is 6.92 Å². The molecule has 0 radical (unpaired) electrons. The molecule has 0 saturated carbocycles. The molecule has 1 heterocycles. The molecule has 0 atom stereocenters. The van der Waals surface area contributed by atoms with Crippen molar-refractivity contribution in [2.24, 2.45) is 0 Å². The lowest BCUT2D eigenvalue weighted by atomic mass is 10.4. The lowest BCUT2D eigenvalue weighted by molar-refractivity contribution is -0.386. The van der Waals surface area contributed by atoms with Crippen LogP contribution in [-0.2, 0) is 0 Å². The van der Waals surface area contributed by atoms with E-state index in [0.29, 0.717) is 5.69 Å². The highest BCUT2D eigenvalue weighted by Crippen LogP contribution is 2.34. The summed E-state index contributed by atoms with van der Waals surface area (Å²) in [6.45, 7) is 1.57. The highest BCUT2D eigenvalue weighted by Gasteiger charge is 2.22. The Hall–Kier alpha value is -1.61. The average Bonchev–Trinajstić information content (AvgIpc) is 2.43. The largest absolute Gasteiger partial charge is 0.465 e. The second-order valence-corrected chi connectivity index (χ2v) is 2.89. The van der Waals surface area contributed by atoms with Crippen LogP contribution in [0, 0.1) is 29.4 Å². The highest BCUT2D eigenvalue weighted by atomic mass is 32.1. The number of hydrogen-bond donors (Lipinski definition) is 0. The molecule has 0 aliphatic heterocycles. The molecule has 1 aromatic heterocycles. The number of hydrogen-bond acceptors (Lipinski definition) is 5. The van der Waals surface area contributed by atoms with Gasteiger partial charge in [0, 0.05) is 11.5 Å². The van der Waals surface area contributed by atoms with Gasteiger partial charge in [0.15, 0.2) is 0 Å². The van der Waals surface area contributed by atoms with Crippen LogP contribution in [-0.4, -0.2) is 15.9 Å². The van der Waals surface area contributed by atoms with Gasteiger partial charge < -0.3 is 4.74 Å². The third-order valence-corrected chi connectivity index (χ3v) is 2.11. The lowest BCUT2D eigenvalue weighted by Gasteiger charge is -1.95. The Morgan fingerprint density at radius 3 is 3.08 bits per heavy atom. The molecule has 1 aromatic rings. The summed E-state index contributed by atoms with van der Waals surface area (Å²) in [5.41, 5.74) is 0.252. The van der Waals surface area contributed by atoms with E-state index >= 15 is 0 Å². The van der Waals surface area contributed by atoms with Crippen molar-refractivity contribution in [3.8, 4) is 17.4 Å². The fourth-order valence-electron chi connectivity index (χ4n) is 0.753. The molecule has 0 spiro atoms. The average molecular weight is 198 g/mol. The number of rotatable bonds is 3. The summed E-state index contributed by atoms with van der Waals surface area (Å²) in [5.74, 6) is 2.23. The summed E-state index contributed by atoms with van der Waals surface area (Å²) in [6, 6.07) is 0. The van der Waals surface area contributed by atoms with E-state index in [9.17, 15) is 10.1 Å². The Kier molecular flexibility index (Phi) is 2.82. The molecule has 0 N–H and O–H groups in total. The number of nitro groups is 1. The van der Waals surface area contributed by atoms with Crippen LogP contribution in [0.15, 0.2) is 0 Å². The first-order valence-electron chi connectivity index (χ1n) is 3.33. The van der Waals surface area contributed by atoms with Gasteiger partial charge in [0.25, 0.3) is 5.06 Å². The van der Waals surface area contributed by atoms with Gasteiger partial charge >= 0.3 is 5.69 Å². The molecule has 0 aliphatic carbocycles. The number of aryl methyl sites for hydroxylation is 1. The van der Waals surface area contributed by atoms with E-state index in [0.717, 1.165) is 11.5 Å². The minimum Gasteiger partial charge on any atom is -0.465 e. The van der Waals surface area contributed by atoms with Crippen LogP contribution in [0.3, 0.4) is 0 Å². The topological polar surface area (TPSA) is 65.3 Å². The van der Waals surface area contributed by atoms with Crippen LogP contribution in [0.2, 0.25) is 0 Å². The van der Waals surface area contributed by atoms with Gasteiger partial charge in [-0.3, -0.25) is 10.1 Å². The Balaban J connectivity index is 2.95. The zero-order valence-electron chi connectivity index (χ0n) is 6.81. The number of nitrogens with zero attached hydrogens (tertiary/aromatic N) is 2. The predicted octanol–water partition coefficient (Wildman–Crippen LogP) is 1.37. The highest BCUT2D eigenvalue weighted by molar-refractivity contribution is 7.08. The summed E-state index contributed by atoms with van der Waals surface area (Å²) in [5, 5.41) is 10.7. The van der Waals surface area contributed by atoms with Gasteiger partial charge in [0.05, 0.1) is 4.92 Å². The van der Waals surface area contributed by atoms with Crippen LogP contribution in [0.1, 0.15) is 5.69 Å². The lowest BCUT2D eigenvalue weighted by Crippen LogP contribution is -1.96. The molecule has 6 heteroatoms. The van der Waals surface area contributed by atoms with E-state index in [2.05, 4.69) is 10.3 Å². The standard InChI is InChI=1S/C7H6N2O3S/c1-3-4-12-7-6(9(10)11)5(2)8-13-7/h1H,4H2,2H3. The van der Waals surface area contributed by atoms with E-state index in [1.165, 1.54) is 0 Å². The normalized spacial score (nSPS) is 9.23. The SMILES string of the molecule is C#CCOc1snc(C)c1[N+](=O)[O-]. The third-order valence-electron chi connectivity index (χ3n) is 1.27. The summed E-state index contributed by atoms with van der Waals surface area (Å²) >= 11 is 0.935. The molecule has 0 fully saturated rings. The molecule has 0 amide bonds. The molecule has 0 aliphatic rings. The van der Waals surface area contributed by atoms with E-state index in [4.69, 9.17) is 11.2 Å². The van der Waals surface area contributed by atoms with E-state index < -0.39 is 4.92 Å². The Labute approximate surface area is 78.7 Å². The quantitative estimate of drug-likeness (QED) is 0.418. The van der Waals surface area contributed by atoms with Gasteiger partial charge in [0.2, 0.25) is 0 Å². The summed E-state index contributed by atoms with van der Waals surface area (Å²) < 4.78 is 8.74. The maximum absolute atomic E-state index is 10.5. The first kappa shape index (κ1) is 9.48. The van der Waals surface area contributed by atoms with Crippen LogP contribution >= 0.6 is 11.5 Å². The van der Waals surface area contributed by atoms with Crippen LogP contribution in [0.5, 0.6) is 5.06 Å². The molecule has 0 unspecified atom stereocenters. The van der Waals surface area contributed by atoms with E-state index in [1.54, 1.807) is 6.92 Å². The van der Waals surface area contributed by atoms with Crippen LogP contribution in [0.4, 0.5) is 5.69 Å². The van der Waals surface area contributed by atoms with Gasteiger partial charge in [-0.1, -0.05) is 5.92 Å². The van der Waals surface area contributed by atoms with Crippen molar-refractivity contribution < 1.29 is 9.66 Å². The van der Waals surface area contributed by atoms with Crippen LogP contribution < -0.4 is 4.74 Å². The van der Waals surface area contributed by atoms with Crippen molar-refractivity contribution in [2.45, 2.75) is 6.92 Å². The molecule has 13 heavy (non-hydrogen) atoms. The molecule has 0 aromatic carbocycles. The minimum absolute atomic E-state index is 0.0163. The first-order valence-corrected chi connectivity index (χ1v) is 4.11. The van der Waals surface area contributed by atoms with Crippen molar-refractivity contribution in [1.29, 1.82) is 0 Å².